The fourth-order valence-electron chi connectivity index (χ4n) is 6.57. The topological polar surface area (TPSA) is 96.4 Å². The molecule has 3 fully saturated rings. The van der Waals surface area contributed by atoms with E-state index >= 15 is 0 Å². The van der Waals surface area contributed by atoms with Gasteiger partial charge in [0.25, 0.3) is 0 Å². The molecule has 8 nitrogen and oxygen atoms in total. The molecule has 1 spiro atoms. The minimum Gasteiger partial charge on any atom is -0.466 e. The maximum atomic E-state index is 14.3. The van der Waals surface area contributed by atoms with E-state index in [-0.39, 0.29) is 25.0 Å². The predicted octanol–water partition coefficient (Wildman–Crippen LogP) is 2.86. The summed E-state index contributed by atoms with van der Waals surface area (Å²) in [6, 6.07) is 7.49. The highest BCUT2D eigenvalue weighted by Crippen LogP contribution is 2.64. The number of unbranched alkanes of at least 4 members (excludes halogenated alkanes) is 1. The first kappa shape index (κ1) is 26.4. The average Bonchev–Trinajstić information content (AvgIpc) is 3.44. The van der Waals surface area contributed by atoms with E-state index in [1.807, 2.05) is 37.3 Å². The summed E-state index contributed by atoms with van der Waals surface area (Å²) >= 11 is 0. The second-order valence-electron chi connectivity index (χ2n) is 10.3. The van der Waals surface area contributed by atoms with E-state index in [1.165, 1.54) is 4.90 Å². The van der Waals surface area contributed by atoms with Gasteiger partial charge in [-0.2, -0.15) is 0 Å². The van der Waals surface area contributed by atoms with Gasteiger partial charge in [-0.1, -0.05) is 49.8 Å². The van der Waals surface area contributed by atoms with Crippen LogP contribution in [0.15, 0.2) is 43.0 Å². The summed E-state index contributed by atoms with van der Waals surface area (Å²) in [5.41, 5.74) is -1.32. The van der Waals surface area contributed by atoms with Gasteiger partial charge in [-0.25, -0.2) is 0 Å². The number of fused-ring (bicyclic) bond motifs is 1. The smallest absolute Gasteiger partial charge is 0.312 e. The highest BCUT2D eigenvalue weighted by atomic mass is 16.6. The van der Waals surface area contributed by atoms with Crippen LogP contribution in [0.3, 0.4) is 0 Å². The summed E-state index contributed by atoms with van der Waals surface area (Å²) in [6.45, 7) is 10.2. The SMILES string of the molecule is C=CCN(CCCC)C(=O)C1N([C@H](CO)c2ccccc2)C(=O)[C@@H]2[C@@H](C(=O)OCC)[C@@]3(C)CCC12O3. The van der Waals surface area contributed by atoms with Gasteiger partial charge in [0.15, 0.2) is 0 Å². The van der Waals surface area contributed by atoms with Crippen LogP contribution in [0.4, 0.5) is 0 Å². The van der Waals surface area contributed by atoms with E-state index in [0.717, 1.165) is 18.4 Å². The van der Waals surface area contributed by atoms with E-state index in [1.54, 1.807) is 17.9 Å². The molecular weight excluding hydrogens is 460 g/mol. The first-order chi connectivity index (χ1) is 17.3. The van der Waals surface area contributed by atoms with Crippen molar-refractivity contribution in [3.63, 3.8) is 0 Å². The van der Waals surface area contributed by atoms with Crippen molar-refractivity contribution in [2.24, 2.45) is 11.8 Å². The molecule has 1 aromatic carbocycles. The average molecular weight is 499 g/mol. The monoisotopic (exact) mass is 498 g/mol. The number of amides is 2. The van der Waals surface area contributed by atoms with Gasteiger partial charge in [-0.3, -0.25) is 14.4 Å². The Hall–Kier alpha value is -2.71. The lowest BCUT2D eigenvalue weighted by Crippen LogP contribution is -2.57. The Morgan fingerprint density at radius 2 is 2.03 bits per heavy atom. The minimum absolute atomic E-state index is 0.193. The first-order valence-electron chi connectivity index (χ1n) is 13.0. The van der Waals surface area contributed by atoms with Crippen LogP contribution in [0.25, 0.3) is 0 Å². The van der Waals surface area contributed by atoms with Crippen molar-refractivity contribution in [1.82, 2.24) is 9.80 Å². The van der Waals surface area contributed by atoms with Crippen LogP contribution in [-0.2, 0) is 23.9 Å². The van der Waals surface area contributed by atoms with Gasteiger partial charge in [-0.05, 0) is 38.7 Å². The Balaban J connectivity index is 1.84. The van der Waals surface area contributed by atoms with Crippen molar-refractivity contribution in [1.29, 1.82) is 0 Å². The molecule has 3 aliphatic heterocycles. The molecule has 2 bridgehead atoms. The zero-order valence-corrected chi connectivity index (χ0v) is 21.5. The third-order valence-electron chi connectivity index (χ3n) is 8.12. The second-order valence-corrected chi connectivity index (χ2v) is 10.3. The molecule has 2 amide bonds. The molecule has 0 aromatic heterocycles. The predicted molar refractivity (Wildman–Crippen MR) is 134 cm³/mol. The number of rotatable bonds is 11. The third-order valence-corrected chi connectivity index (χ3v) is 8.12. The Morgan fingerprint density at radius 1 is 1.31 bits per heavy atom. The zero-order chi connectivity index (χ0) is 26.1. The number of aliphatic hydroxyl groups is 1. The van der Waals surface area contributed by atoms with Crippen molar-refractivity contribution >= 4 is 17.8 Å². The molecule has 196 valence electrons. The third kappa shape index (κ3) is 4.04. The van der Waals surface area contributed by atoms with E-state index in [2.05, 4.69) is 13.5 Å². The van der Waals surface area contributed by atoms with E-state index in [9.17, 15) is 19.5 Å². The van der Waals surface area contributed by atoms with Crippen molar-refractivity contribution in [2.75, 3.05) is 26.3 Å². The van der Waals surface area contributed by atoms with Crippen molar-refractivity contribution in [3.8, 4) is 0 Å². The quantitative estimate of drug-likeness (QED) is 0.372. The summed E-state index contributed by atoms with van der Waals surface area (Å²) in [4.78, 5) is 44.9. The maximum Gasteiger partial charge on any atom is 0.312 e. The van der Waals surface area contributed by atoms with Gasteiger partial charge in [0.1, 0.15) is 17.6 Å². The number of hydrogen-bond donors (Lipinski definition) is 1. The lowest BCUT2D eigenvalue weighted by Gasteiger charge is -2.39. The lowest BCUT2D eigenvalue weighted by molar-refractivity contribution is -0.161. The van der Waals surface area contributed by atoms with Crippen molar-refractivity contribution in [2.45, 2.75) is 69.7 Å². The van der Waals surface area contributed by atoms with E-state index < -0.39 is 41.1 Å². The maximum absolute atomic E-state index is 14.3. The van der Waals surface area contributed by atoms with Gasteiger partial charge >= 0.3 is 5.97 Å². The first-order valence-corrected chi connectivity index (χ1v) is 13.0. The molecule has 1 aromatic rings. The molecule has 3 aliphatic rings. The molecule has 3 heterocycles. The van der Waals surface area contributed by atoms with Gasteiger partial charge in [-0.15, -0.1) is 6.58 Å². The molecule has 6 atom stereocenters. The molecule has 0 radical (unpaired) electrons. The van der Waals surface area contributed by atoms with E-state index in [4.69, 9.17) is 9.47 Å². The fraction of sp³-hybridized carbons (Fsp3) is 0.607. The number of esters is 1. The van der Waals surface area contributed by atoms with Crippen LogP contribution in [0.5, 0.6) is 0 Å². The van der Waals surface area contributed by atoms with E-state index in [0.29, 0.717) is 25.9 Å². The van der Waals surface area contributed by atoms with Crippen LogP contribution >= 0.6 is 0 Å². The molecule has 3 saturated heterocycles. The van der Waals surface area contributed by atoms with Crippen molar-refractivity contribution in [3.05, 3.63) is 48.6 Å². The molecule has 0 saturated carbocycles. The Kier molecular flexibility index (Phi) is 7.57. The zero-order valence-electron chi connectivity index (χ0n) is 21.5. The van der Waals surface area contributed by atoms with Crippen LogP contribution < -0.4 is 0 Å². The number of benzene rings is 1. The molecule has 2 unspecified atom stereocenters. The summed E-state index contributed by atoms with van der Waals surface area (Å²) < 4.78 is 12.0. The molecule has 4 rings (SSSR count). The fourth-order valence-corrected chi connectivity index (χ4v) is 6.57. The van der Waals surface area contributed by atoms with Gasteiger partial charge in [0, 0.05) is 13.1 Å². The van der Waals surface area contributed by atoms with Crippen LogP contribution in [0.2, 0.25) is 0 Å². The van der Waals surface area contributed by atoms with Crippen molar-refractivity contribution < 1.29 is 29.0 Å². The van der Waals surface area contributed by atoms with Gasteiger partial charge in [0.05, 0.1) is 30.8 Å². The second kappa shape index (κ2) is 10.3. The molecule has 1 N–H and O–H groups in total. The lowest BCUT2D eigenvalue weighted by atomic mass is 9.66. The molecule has 8 heteroatoms. The Labute approximate surface area is 213 Å². The van der Waals surface area contributed by atoms with Crippen LogP contribution in [0.1, 0.15) is 58.1 Å². The highest BCUT2D eigenvalue weighted by Gasteiger charge is 2.79. The summed E-state index contributed by atoms with van der Waals surface area (Å²) in [5.74, 6) is -2.70. The number of carbonyl (C=O) groups is 3. The number of ether oxygens (including phenoxy) is 2. The number of hydrogen-bond acceptors (Lipinski definition) is 6. The standard InChI is InChI=1S/C28H38N2O6/c1-5-8-17-29(16-6-2)25(33)23-28-15-14-27(4,36-28)22(26(34)35-7-3)21(28)24(32)30(23)20(18-31)19-12-10-9-11-13-19/h6,9-13,20-23,31H,2,5,7-8,14-18H2,1,3-4H3/t20-,21+,22+,23?,27-,28?/m1/s1. The summed E-state index contributed by atoms with van der Waals surface area (Å²) in [7, 11) is 0. The summed E-state index contributed by atoms with van der Waals surface area (Å²) in [5, 5.41) is 10.5. The summed E-state index contributed by atoms with van der Waals surface area (Å²) in [6.07, 6.45) is 4.42. The number of carbonyl (C=O) groups excluding carboxylic acids is 3. The van der Waals surface area contributed by atoms with Gasteiger partial charge < -0.3 is 24.4 Å². The molecule has 36 heavy (non-hydrogen) atoms. The number of nitrogens with zero attached hydrogens (tertiary/aromatic N) is 2. The number of aliphatic hydroxyl groups excluding tert-OH is 1. The minimum atomic E-state index is -1.16. The Morgan fingerprint density at radius 3 is 2.64 bits per heavy atom. The molecule has 0 aliphatic carbocycles. The Bertz CT molecular complexity index is 999. The molecular formula is C28H38N2O6. The largest absolute Gasteiger partial charge is 0.466 e. The van der Waals surface area contributed by atoms with Crippen LogP contribution in [0, 0.1) is 11.8 Å². The van der Waals surface area contributed by atoms with Crippen LogP contribution in [-0.4, -0.2) is 76.2 Å². The van der Waals surface area contributed by atoms with Gasteiger partial charge in [0.2, 0.25) is 11.8 Å². The highest BCUT2D eigenvalue weighted by molar-refractivity contribution is 5.98. The normalized spacial score (nSPS) is 31.3. The number of likely N-dealkylation sites (tertiary alicyclic amines) is 1.